The zero-order valence-electron chi connectivity index (χ0n) is 17.5. The Hall–Kier alpha value is -3.56. The number of anilines is 2. The Kier molecular flexibility index (Phi) is 4.51. The van der Waals surface area contributed by atoms with Gasteiger partial charge in [-0.3, -0.25) is 4.98 Å². The van der Waals surface area contributed by atoms with E-state index in [0.29, 0.717) is 25.1 Å². The van der Waals surface area contributed by atoms with Crippen molar-refractivity contribution < 1.29 is 4.74 Å². The van der Waals surface area contributed by atoms with Gasteiger partial charge in [-0.2, -0.15) is 4.98 Å². The Morgan fingerprint density at radius 3 is 2.78 bits per heavy atom. The van der Waals surface area contributed by atoms with Gasteiger partial charge in [-0.1, -0.05) is 12.1 Å². The van der Waals surface area contributed by atoms with E-state index in [1.54, 1.807) is 23.7 Å². The van der Waals surface area contributed by atoms with Gasteiger partial charge in [-0.15, -0.1) is 11.3 Å². The minimum atomic E-state index is 0.207. The van der Waals surface area contributed by atoms with Crippen LogP contribution in [0.1, 0.15) is 6.92 Å². The van der Waals surface area contributed by atoms with Crippen LogP contribution in [0.5, 0.6) is 0 Å². The average molecular weight is 444 g/mol. The monoisotopic (exact) mass is 443 g/mol. The molecular formula is C23H21N7OS. The number of imidazole rings is 1. The van der Waals surface area contributed by atoms with Gasteiger partial charge in [0, 0.05) is 29.9 Å². The molecule has 5 aromatic rings. The first-order chi connectivity index (χ1) is 15.7. The zero-order valence-corrected chi connectivity index (χ0v) is 18.3. The zero-order chi connectivity index (χ0) is 21.7. The number of morpholine rings is 1. The summed E-state index contributed by atoms with van der Waals surface area (Å²) in [6.07, 6.45) is 3.60. The lowest BCUT2D eigenvalue weighted by atomic mass is 10.1. The van der Waals surface area contributed by atoms with Crippen LogP contribution in [0.2, 0.25) is 0 Å². The second kappa shape index (κ2) is 7.54. The van der Waals surface area contributed by atoms with Crippen molar-refractivity contribution in [1.29, 1.82) is 0 Å². The predicted octanol–water partition coefficient (Wildman–Crippen LogP) is 3.90. The lowest BCUT2D eigenvalue weighted by Crippen LogP contribution is -2.44. The van der Waals surface area contributed by atoms with Crippen LogP contribution < -0.4 is 10.6 Å². The number of nitrogens with two attached hydrogens (primary N) is 1. The number of para-hydroxylation sites is 2. The summed E-state index contributed by atoms with van der Waals surface area (Å²) in [5.41, 5.74) is 11.1. The molecule has 160 valence electrons. The van der Waals surface area contributed by atoms with Gasteiger partial charge in [0.25, 0.3) is 0 Å². The molecule has 1 atom stereocenters. The maximum Gasteiger partial charge on any atom is 0.239 e. The Labute approximate surface area is 188 Å². The number of nitrogen functional groups attached to an aromatic ring is 1. The fourth-order valence-electron chi connectivity index (χ4n) is 4.22. The fourth-order valence-corrected chi connectivity index (χ4v) is 5.24. The Balaban J connectivity index is 1.64. The van der Waals surface area contributed by atoms with Crippen LogP contribution in [-0.4, -0.2) is 50.3 Å². The second-order valence-corrected chi connectivity index (χ2v) is 8.70. The molecule has 1 fully saturated rings. The molecule has 32 heavy (non-hydrogen) atoms. The molecular weight excluding hydrogens is 422 g/mol. The van der Waals surface area contributed by atoms with Gasteiger partial charge in [-0.05, 0) is 36.8 Å². The summed E-state index contributed by atoms with van der Waals surface area (Å²) in [6.45, 7) is 4.27. The number of hydrogen-bond acceptors (Lipinski definition) is 8. The van der Waals surface area contributed by atoms with E-state index in [1.165, 1.54) is 0 Å². The van der Waals surface area contributed by atoms with E-state index in [9.17, 15) is 0 Å². The van der Waals surface area contributed by atoms with Crippen LogP contribution in [0.25, 0.3) is 38.3 Å². The molecule has 6 rings (SSSR count). The first-order valence-corrected chi connectivity index (χ1v) is 11.4. The number of benzene rings is 1. The number of fused-ring (bicyclic) bond motifs is 2. The van der Waals surface area contributed by atoms with Crippen molar-refractivity contribution in [2.24, 2.45) is 0 Å². The highest BCUT2D eigenvalue weighted by Crippen LogP contribution is 2.39. The summed E-state index contributed by atoms with van der Waals surface area (Å²) >= 11 is 1.66. The minimum Gasteiger partial charge on any atom is -0.377 e. The summed E-state index contributed by atoms with van der Waals surface area (Å²) in [5, 5.41) is 2.14. The van der Waals surface area contributed by atoms with E-state index < -0.39 is 0 Å². The largest absolute Gasteiger partial charge is 0.377 e. The summed E-state index contributed by atoms with van der Waals surface area (Å²) in [4.78, 5) is 21.0. The summed E-state index contributed by atoms with van der Waals surface area (Å²) in [6, 6.07) is 12.1. The molecule has 8 nitrogen and oxygen atoms in total. The lowest BCUT2D eigenvalue weighted by Gasteiger charge is -2.34. The van der Waals surface area contributed by atoms with Gasteiger partial charge in [0.05, 0.1) is 40.5 Å². The molecule has 2 N–H and O–H groups in total. The number of rotatable bonds is 3. The molecule has 5 heterocycles. The van der Waals surface area contributed by atoms with E-state index in [-0.39, 0.29) is 6.04 Å². The van der Waals surface area contributed by atoms with Gasteiger partial charge in [0.1, 0.15) is 0 Å². The average Bonchev–Trinajstić information content (AvgIpc) is 3.39. The lowest BCUT2D eigenvalue weighted by molar-refractivity contribution is 0.0987. The Morgan fingerprint density at radius 1 is 1.09 bits per heavy atom. The fraction of sp³-hybridized carbons (Fsp3) is 0.217. The number of aromatic nitrogens is 5. The molecule has 1 aliphatic heterocycles. The van der Waals surface area contributed by atoms with Crippen molar-refractivity contribution in [2.75, 3.05) is 30.4 Å². The van der Waals surface area contributed by atoms with Crippen LogP contribution in [0.3, 0.4) is 0 Å². The summed E-state index contributed by atoms with van der Waals surface area (Å²) < 4.78 is 8.56. The standard InChI is InChI=1S/C23H21N7OS/c1-14-12-31-11-10-29(14)21-20-19(16(13-32-20)15-6-8-25-9-7-15)27-23(28-21)30-18-5-3-2-4-17(18)26-22(30)24/h2-9,13-14H,10-12H2,1H3,(H2,24,26)/t14-/m1/s1. The number of ether oxygens (including phenoxy) is 1. The van der Waals surface area contributed by atoms with Crippen molar-refractivity contribution in [3.05, 3.63) is 54.2 Å². The van der Waals surface area contributed by atoms with Crippen LogP contribution >= 0.6 is 11.3 Å². The van der Waals surface area contributed by atoms with Gasteiger partial charge < -0.3 is 15.4 Å². The van der Waals surface area contributed by atoms with E-state index in [2.05, 4.69) is 27.2 Å². The highest BCUT2D eigenvalue weighted by molar-refractivity contribution is 7.18. The molecule has 4 aromatic heterocycles. The second-order valence-electron chi connectivity index (χ2n) is 7.82. The maximum absolute atomic E-state index is 6.34. The number of hydrogen-bond donors (Lipinski definition) is 1. The van der Waals surface area contributed by atoms with Crippen molar-refractivity contribution in [2.45, 2.75) is 13.0 Å². The molecule has 0 radical (unpaired) electrons. The van der Waals surface area contributed by atoms with Crippen LogP contribution in [0.15, 0.2) is 54.2 Å². The quantitative estimate of drug-likeness (QED) is 0.452. The normalized spacial score (nSPS) is 16.8. The molecule has 1 aromatic carbocycles. The first kappa shape index (κ1) is 19.1. The Morgan fingerprint density at radius 2 is 1.94 bits per heavy atom. The highest BCUT2D eigenvalue weighted by Gasteiger charge is 2.26. The van der Waals surface area contributed by atoms with E-state index in [4.69, 9.17) is 20.4 Å². The molecule has 1 aliphatic rings. The molecule has 0 bridgehead atoms. The molecule has 0 spiro atoms. The van der Waals surface area contributed by atoms with Crippen molar-refractivity contribution in [3.8, 4) is 17.1 Å². The summed E-state index contributed by atoms with van der Waals surface area (Å²) in [7, 11) is 0. The van der Waals surface area contributed by atoms with Gasteiger partial charge >= 0.3 is 0 Å². The Bertz CT molecular complexity index is 1430. The first-order valence-electron chi connectivity index (χ1n) is 10.5. The molecule has 0 saturated carbocycles. The van der Waals surface area contributed by atoms with E-state index in [1.807, 2.05) is 41.0 Å². The van der Waals surface area contributed by atoms with Gasteiger partial charge in [0.15, 0.2) is 5.82 Å². The van der Waals surface area contributed by atoms with Crippen molar-refractivity contribution >= 4 is 44.4 Å². The van der Waals surface area contributed by atoms with Crippen LogP contribution in [-0.2, 0) is 4.74 Å². The van der Waals surface area contributed by atoms with Gasteiger partial charge in [-0.25, -0.2) is 14.5 Å². The van der Waals surface area contributed by atoms with Crippen molar-refractivity contribution in [3.63, 3.8) is 0 Å². The molecule has 9 heteroatoms. The van der Waals surface area contributed by atoms with Crippen LogP contribution in [0.4, 0.5) is 11.8 Å². The van der Waals surface area contributed by atoms with E-state index in [0.717, 1.165) is 44.7 Å². The van der Waals surface area contributed by atoms with Crippen molar-refractivity contribution in [1.82, 2.24) is 24.5 Å². The van der Waals surface area contributed by atoms with E-state index >= 15 is 0 Å². The number of pyridine rings is 1. The SMILES string of the molecule is C[C@@H]1COCCN1c1nc(-n2c(N)nc3ccccc32)nc2c(-c3ccncc3)csc12. The number of thiophene rings is 1. The maximum atomic E-state index is 6.34. The number of nitrogens with zero attached hydrogens (tertiary/aromatic N) is 6. The highest BCUT2D eigenvalue weighted by atomic mass is 32.1. The molecule has 0 unspecified atom stereocenters. The third-order valence-electron chi connectivity index (χ3n) is 5.80. The third kappa shape index (κ3) is 3.01. The summed E-state index contributed by atoms with van der Waals surface area (Å²) in [5.74, 6) is 1.79. The molecule has 1 saturated heterocycles. The predicted molar refractivity (Wildman–Crippen MR) is 127 cm³/mol. The topological polar surface area (TPSA) is 95.0 Å². The molecule has 0 aliphatic carbocycles. The third-order valence-corrected chi connectivity index (χ3v) is 6.77. The van der Waals surface area contributed by atoms with Crippen LogP contribution in [0, 0.1) is 0 Å². The molecule has 0 amide bonds. The smallest absolute Gasteiger partial charge is 0.239 e. The minimum absolute atomic E-state index is 0.207. The van der Waals surface area contributed by atoms with Gasteiger partial charge in [0.2, 0.25) is 11.9 Å².